The molecule has 1 saturated carbocycles. The van der Waals surface area contributed by atoms with Crippen molar-refractivity contribution in [2.24, 2.45) is 0 Å². The second-order valence-corrected chi connectivity index (χ2v) is 10.5. The van der Waals surface area contributed by atoms with Gasteiger partial charge in [0, 0.05) is 18.8 Å². The van der Waals surface area contributed by atoms with Gasteiger partial charge in [-0.2, -0.15) is 4.31 Å². The van der Waals surface area contributed by atoms with Gasteiger partial charge < -0.3 is 10.1 Å². The minimum absolute atomic E-state index is 0.0574. The van der Waals surface area contributed by atoms with E-state index < -0.39 is 15.4 Å². The fourth-order valence-corrected chi connectivity index (χ4v) is 6.54. The zero-order valence-corrected chi connectivity index (χ0v) is 19.1. The topological polar surface area (TPSA) is 75.7 Å². The molecular formula is C24H29FN2O4S. The number of ether oxygens (including phenoxy) is 1. The van der Waals surface area contributed by atoms with E-state index in [1.165, 1.54) is 29.6 Å². The Hall–Kier alpha value is -2.45. The number of nitrogens with zero attached hydrogens (tertiary/aromatic N) is 1. The van der Waals surface area contributed by atoms with Crippen LogP contribution in [-0.2, 0) is 20.2 Å². The fraction of sp³-hybridized carbons (Fsp3) is 0.458. The standard InChI is InChI=1S/C24H29FN2O4S/c1-31-21-12-11-20(17-22(21)32(29,30)27-15-5-2-6-16-27)26-23(28)24(13-3-4-14-24)18-7-9-19(25)10-8-18/h7-12,17H,2-6,13-16H2,1H3,(H,26,28). The zero-order valence-electron chi connectivity index (χ0n) is 18.3. The molecule has 1 N–H and O–H groups in total. The molecule has 0 aromatic heterocycles. The minimum Gasteiger partial charge on any atom is -0.495 e. The molecule has 1 heterocycles. The second kappa shape index (κ2) is 9.19. The van der Waals surface area contributed by atoms with Crippen LogP contribution in [0.4, 0.5) is 10.1 Å². The molecule has 4 rings (SSSR count). The van der Waals surface area contributed by atoms with Crippen LogP contribution in [0.3, 0.4) is 0 Å². The van der Waals surface area contributed by atoms with Crippen LogP contribution in [0.25, 0.3) is 0 Å². The van der Waals surface area contributed by atoms with Gasteiger partial charge >= 0.3 is 0 Å². The van der Waals surface area contributed by atoms with E-state index in [9.17, 15) is 17.6 Å². The molecule has 0 atom stereocenters. The van der Waals surface area contributed by atoms with Gasteiger partial charge in [0.25, 0.3) is 0 Å². The number of sulfonamides is 1. The van der Waals surface area contributed by atoms with E-state index in [1.807, 2.05) is 0 Å². The third-order valence-electron chi connectivity index (χ3n) is 6.64. The van der Waals surface area contributed by atoms with Gasteiger partial charge in [-0.25, -0.2) is 12.8 Å². The van der Waals surface area contributed by atoms with Gasteiger partial charge in [0.2, 0.25) is 15.9 Å². The average molecular weight is 461 g/mol. The maximum absolute atomic E-state index is 13.5. The Morgan fingerprint density at radius 1 is 1.00 bits per heavy atom. The highest BCUT2D eigenvalue weighted by Gasteiger charge is 2.43. The summed E-state index contributed by atoms with van der Waals surface area (Å²) in [5.74, 6) is -0.291. The highest BCUT2D eigenvalue weighted by atomic mass is 32.2. The Labute approximate surface area is 188 Å². The predicted octanol–water partition coefficient (Wildman–Crippen LogP) is 4.46. The van der Waals surface area contributed by atoms with Crippen molar-refractivity contribution < 1.29 is 22.3 Å². The summed E-state index contributed by atoms with van der Waals surface area (Å²) in [7, 11) is -2.30. The maximum Gasteiger partial charge on any atom is 0.246 e. The van der Waals surface area contributed by atoms with Gasteiger partial charge in [-0.15, -0.1) is 0 Å². The number of carbonyl (C=O) groups is 1. The molecule has 0 spiro atoms. The molecule has 32 heavy (non-hydrogen) atoms. The lowest BCUT2D eigenvalue weighted by Crippen LogP contribution is -2.38. The largest absolute Gasteiger partial charge is 0.495 e. The van der Waals surface area contributed by atoms with Gasteiger partial charge in [-0.3, -0.25) is 4.79 Å². The van der Waals surface area contributed by atoms with Crippen molar-refractivity contribution in [3.8, 4) is 5.75 Å². The molecule has 0 radical (unpaired) electrons. The first-order valence-corrected chi connectivity index (χ1v) is 12.6. The number of benzene rings is 2. The summed E-state index contributed by atoms with van der Waals surface area (Å²) in [6, 6.07) is 10.8. The van der Waals surface area contributed by atoms with E-state index in [0.717, 1.165) is 37.7 Å². The van der Waals surface area contributed by atoms with Crippen molar-refractivity contribution in [2.45, 2.75) is 55.3 Å². The number of halogens is 1. The Morgan fingerprint density at radius 2 is 1.66 bits per heavy atom. The van der Waals surface area contributed by atoms with Crippen molar-refractivity contribution in [3.05, 3.63) is 53.8 Å². The molecule has 1 aliphatic heterocycles. The number of methoxy groups -OCH3 is 1. The van der Waals surface area contributed by atoms with E-state index in [2.05, 4.69) is 5.32 Å². The van der Waals surface area contributed by atoms with Crippen LogP contribution < -0.4 is 10.1 Å². The van der Waals surface area contributed by atoms with Crippen molar-refractivity contribution in [2.75, 3.05) is 25.5 Å². The fourth-order valence-electron chi connectivity index (χ4n) is 4.85. The molecule has 1 saturated heterocycles. The number of anilines is 1. The number of nitrogens with one attached hydrogen (secondary N) is 1. The summed E-state index contributed by atoms with van der Waals surface area (Å²) in [6.45, 7) is 0.964. The molecule has 1 amide bonds. The Bertz CT molecular complexity index is 1070. The molecule has 2 aromatic carbocycles. The number of carbonyl (C=O) groups excluding carboxylic acids is 1. The third-order valence-corrected chi connectivity index (χ3v) is 8.56. The molecule has 8 heteroatoms. The van der Waals surface area contributed by atoms with Gasteiger partial charge in [-0.05, 0) is 61.6 Å². The van der Waals surface area contributed by atoms with Crippen molar-refractivity contribution in [1.82, 2.24) is 4.31 Å². The van der Waals surface area contributed by atoms with Crippen molar-refractivity contribution in [3.63, 3.8) is 0 Å². The number of amides is 1. The van der Waals surface area contributed by atoms with E-state index in [4.69, 9.17) is 4.74 Å². The molecule has 0 bridgehead atoms. The van der Waals surface area contributed by atoms with Crippen LogP contribution in [0.1, 0.15) is 50.5 Å². The van der Waals surface area contributed by atoms with Gasteiger partial charge in [0.05, 0.1) is 12.5 Å². The highest BCUT2D eigenvalue weighted by Crippen LogP contribution is 2.42. The molecule has 2 fully saturated rings. The first-order valence-electron chi connectivity index (χ1n) is 11.1. The summed E-state index contributed by atoms with van der Waals surface area (Å²) < 4.78 is 46.8. The number of piperidine rings is 1. The molecule has 2 aliphatic rings. The minimum atomic E-state index is -3.74. The molecule has 172 valence electrons. The van der Waals surface area contributed by atoms with Gasteiger partial charge in [0.15, 0.2) is 0 Å². The maximum atomic E-state index is 13.5. The van der Waals surface area contributed by atoms with E-state index in [-0.39, 0.29) is 22.4 Å². The summed E-state index contributed by atoms with van der Waals surface area (Å²) in [5.41, 5.74) is 0.433. The van der Waals surface area contributed by atoms with Crippen LogP contribution in [0.15, 0.2) is 47.4 Å². The lowest BCUT2D eigenvalue weighted by atomic mass is 9.78. The molecular weight excluding hydrogens is 431 g/mol. The predicted molar refractivity (Wildman–Crippen MR) is 121 cm³/mol. The van der Waals surface area contributed by atoms with E-state index in [1.54, 1.807) is 24.3 Å². The van der Waals surface area contributed by atoms with Crippen molar-refractivity contribution >= 4 is 21.6 Å². The quantitative estimate of drug-likeness (QED) is 0.691. The molecule has 1 aliphatic carbocycles. The van der Waals surface area contributed by atoms with Crippen LogP contribution in [-0.4, -0.2) is 38.8 Å². The van der Waals surface area contributed by atoms with Crippen molar-refractivity contribution in [1.29, 1.82) is 0 Å². The van der Waals surface area contributed by atoms with Crippen LogP contribution in [0.5, 0.6) is 5.75 Å². The monoisotopic (exact) mass is 460 g/mol. The van der Waals surface area contributed by atoms with E-state index in [0.29, 0.717) is 31.6 Å². The first kappa shape index (κ1) is 22.7. The SMILES string of the molecule is COc1ccc(NC(=O)C2(c3ccc(F)cc3)CCCC2)cc1S(=O)(=O)N1CCCCC1. The smallest absolute Gasteiger partial charge is 0.246 e. The highest BCUT2D eigenvalue weighted by molar-refractivity contribution is 7.89. The summed E-state index contributed by atoms with van der Waals surface area (Å²) in [4.78, 5) is 13.5. The third kappa shape index (κ3) is 4.26. The number of hydrogen-bond acceptors (Lipinski definition) is 4. The lowest BCUT2D eigenvalue weighted by molar-refractivity contribution is -0.121. The Morgan fingerprint density at radius 3 is 2.28 bits per heavy atom. The molecule has 0 unspecified atom stereocenters. The Kier molecular flexibility index (Phi) is 6.53. The second-order valence-electron chi connectivity index (χ2n) is 8.58. The lowest BCUT2D eigenvalue weighted by Gasteiger charge is -2.29. The number of hydrogen-bond donors (Lipinski definition) is 1. The number of rotatable bonds is 6. The van der Waals surface area contributed by atoms with Crippen LogP contribution in [0.2, 0.25) is 0 Å². The summed E-state index contributed by atoms with van der Waals surface area (Å²) in [5, 5.41) is 2.93. The van der Waals surface area contributed by atoms with Crippen LogP contribution >= 0.6 is 0 Å². The van der Waals surface area contributed by atoms with Crippen LogP contribution in [0, 0.1) is 5.82 Å². The normalized spacial score (nSPS) is 18.9. The summed E-state index contributed by atoms with van der Waals surface area (Å²) in [6.07, 6.45) is 5.82. The van der Waals surface area contributed by atoms with Gasteiger partial charge in [0.1, 0.15) is 16.5 Å². The van der Waals surface area contributed by atoms with E-state index >= 15 is 0 Å². The first-order chi connectivity index (χ1) is 15.4. The summed E-state index contributed by atoms with van der Waals surface area (Å²) >= 11 is 0. The zero-order chi connectivity index (χ0) is 22.8. The molecule has 2 aromatic rings. The molecule has 6 nitrogen and oxygen atoms in total. The van der Waals surface area contributed by atoms with Gasteiger partial charge in [-0.1, -0.05) is 31.4 Å². The Balaban J connectivity index is 1.64. The average Bonchev–Trinajstić information content (AvgIpc) is 3.31.